The summed E-state index contributed by atoms with van der Waals surface area (Å²) < 4.78 is 15.0. The number of aromatic amines is 1. The largest absolute Gasteiger partial charge is 0.383 e. The number of nitrogens with zero attached hydrogens (tertiary/aromatic N) is 2. The molecule has 0 saturated heterocycles. The average molecular weight is 460 g/mol. The first-order valence-corrected chi connectivity index (χ1v) is 11.3. The number of aromatic nitrogens is 2. The van der Waals surface area contributed by atoms with E-state index in [1.807, 2.05) is 13.8 Å². The summed E-state index contributed by atoms with van der Waals surface area (Å²) in [6.07, 6.45) is 3.63. The van der Waals surface area contributed by atoms with Gasteiger partial charge in [0.15, 0.2) is 5.69 Å². The first-order valence-electron chi connectivity index (χ1n) is 11.3. The number of hydrogen-bond acceptors (Lipinski definition) is 5. The van der Waals surface area contributed by atoms with E-state index in [2.05, 4.69) is 10.3 Å². The van der Waals surface area contributed by atoms with Crippen molar-refractivity contribution in [2.45, 2.75) is 64.8 Å². The smallest absolute Gasteiger partial charge is 0.330 e. The van der Waals surface area contributed by atoms with Crippen LogP contribution < -0.4 is 27.2 Å². The lowest BCUT2D eigenvalue weighted by Gasteiger charge is -2.31. The van der Waals surface area contributed by atoms with Crippen molar-refractivity contribution in [3.8, 4) is 0 Å². The minimum Gasteiger partial charge on any atom is -0.383 e. The van der Waals surface area contributed by atoms with E-state index in [-0.39, 0.29) is 30.2 Å². The number of nitrogens with one attached hydrogen (secondary N) is 2. The maximum atomic E-state index is 13.8. The van der Waals surface area contributed by atoms with Crippen molar-refractivity contribution in [3.63, 3.8) is 0 Å². The van der Waals surface area contributed by atoms with Crippen LogP contribution in [0.3, 0.4) is 0 Å². The summed E-state index contributed by atoms with van der Waals surface area (Å²) in [6.45, 7) is 4.47. The highest BCUT2D eigenvalue weighted by molar-refractivity contribution is 6.06. The Balaban J connectivity index is 2.10. The molecular weight excluding hydrogens is 429 g/mol. The third-order valence-electron chi connectivity index (χ3n) is 5.82. The molecule has 3 rings (SSSR count). The van der Waals surface area contributed by atoms with Gasteiger partial charge in [-0.3, -0.25) is 23.9 Å². The molecule has 2 heterocycles. The molecule has 2 aromatic rings. The van der Waals surface area contributed by atoms with Crippen molar-refractivity contribution in [2.24, 2.45) is 0 Å². The number of unbranched alkanes of at least 4 members (excludes halogenated alkanes) is 3. The molecule has 0 spiro atoms. The lowest BCUT2D eigenvalue weighted by atomic mass is 9.89. The van der Waals surface area contributed by atoms with Crippen LogP contribution in [0.25, 0.3) is 0 Å². The quantitative estimate of drug-likeness (QED) is 0.497. The van der Waals surface area contributed by atoms with Gasteiger partial charge in [0, 0.05) is 25.2 Å². The number of amides is 2. The second-order valence-electron chi connectivity index (χ2n) is 8.23. The Kier molecular flexibility index (Phi) is 7.67. The molecule has 1 aliphatic heterocycles. The van der Waals surface area contributed by atoms with Gasteiger partial charge >= 0.3 is 5.69 Å². The van der Waals surface area contributed by atoms with Crippen molar-refractivity contribution < 1.29 is 14.0 Å². The van der Waals surface area contributed by atoms with Crippen LogP contribution in [0.2, 0.25) is 0 Å². The Morgan fingerprint density at radius 2 is 1.91 bits per heavy atom. The Bertz CT molecular complexity index is 1160. The molecule has 10 heteroatoms. The lowest BCUT2D eigenvalue weighted by Crippen LogP contribution is -2.44. The van der Waals surface area contributed by atoms with Crippen LogP contribution in [0.1, 0.15) is 63.9 Å². The highest BCUT2D eigenvalue weighted by Gasteiger charge is 2.36. The maximum Gasteiger partial charge on any atom is 0.330 e. The molecule has 0 aliphatic carbocycles. The van der Waals surface area contributed by atoms with Gasteiger partial charge < -0.3 is 16.0 Å². The molecule has 2 amide bonds. The molecule has 33 heavy (non-hydrogen) atoms. The molecule has 9 nitrogen and oxygen atoms in total. The van der Waals surface area contributed by atoms with Crippen LogP contribution in [0.5, 0.6) is 0 Å². The van der Waals surface area contributed by atoms with Gasteiger partial charge in [0.25, 0.3) is 5.56 Å². The Labute approximate surface area is 190 Å². The van der Waals surface area contributed by atoms with Crippen molar-refractivity contribution in [1.82, 2.24) is 9.55 Å². The van der Waals surface area contributed by atoms with Crippen LogP contribution in [-0.4, -0.2) is 27.9 Å². The van der Waals surface area contributed by atoms with E-state index in [9.17, 15) is 23.6 Å². The molecule has 0 fully saturated rings. The van der Waals surface area contributed by atoms with Gasteiger partial charge in [0.1, 0.15) is 11.6 Å². The molecule has 1 unspecified atom stereocenters. The number of H-pyrrole nitrogens is 1. The van der Waals surface area contributed by atoms with Crippen molar-refractivity contribution in [1.29, 1.82) is 0 Å². The third-order valence-corrected chi connectivity index (χ3v) is 5.82. The number of fused-ring (bicyclic) bond motifs is 1. The van der Waals surface area contributed by atoms with Crippen LogP contribution in [0.4, 0.5) is 21.6 Å². The van der Waals surface area contributed by atoms with Crippen LogP contribution in [0.15, 0.2) is 27.8 Å². The zero-order valence-corrected chi connectivity index (χ0v) is 18.9. The zero-order chi connectivity index (χ0) is 24.1. The van der Waals surface area contributed by atoms with Crippen molar-refractivity contribution in [3.05, 3.63) is 50.4 Å². The van der Waals surface area contributed by atoms with Crippen molar-refractivity contribution in [2.75, 3.05) is 22.5 Å². The number of halogens is 1. The van der Waals surface area contributed by atoms with Crippen molar-refractivity contribution >= 4 is 29.0 Å². The normalized spacial score (nSPS) is 15.1. The average Bonchev–Trinajstić information content (AvgIpc) is 2.76. The topological polar surface area (TPSA) is 130 Å². The monoisotopic (exact) mass is 459 g/mol. The van der Waals surface area contributed by atoms with Gasteiger partial charge in [-0.15, -0.1) is 0 Å². The Morgan fingerprint density at radius 3 is 2.61 bits per heavy atom. The summed E-state index contributed by atoms with van der Waals surface area (Å²) in [5, 5.41) is 2.59. The number of carbonyl (C=O) groups excluding carboxylic acids is 2. The minimum absolute atomic E-state index is 0.0818. The first-order chi connectivity index (χ1) is 15.8. The summed E-state index contributed by atoms with van der Waals surface area (Å²) in [4.78, 5) is 54.8. The van der Waals surface area contributed by atoms with E-state index >= 15 is 0 Å². The molecule has 0 saturated carbocycles. The van der Waals surface area contributed by atoms with Crippen LogP contribution in [0, 0.1) is 5.82 Å². The summed E-state index contributed by atoms with van der Waals surface area (Å²) in [7, 11) is 0. The summed E-state index contributed by atoms with van der Waals surface area (Å²) in [5.74, 6) is -2.44. The van der Waals surface area contributed by atoms with Gasteiger partial charge in [-0.05, 0) is 30.5 Å². The van der Waals surface area contributed by atoms with E-state index in [4.69, 9.17) is 5.73 Å². The highest BCUT2D eigenvalue weighted by Crippen LogP contribution is 2.35. The van der Waals surface area contributed by atoms with E-state index in [1.54, 1.807) is 0 Å². The number of anilines is 3. The number of nitrogens with two attached hydrogens (primary N) is 1. The minimum atomic E-state index is -0.911. The molecule has 1 aromatic carbocycles. The standard InChI is InChI=1S/C23H30FN5O4/c1-3-5-7-11-28(19-20(25)29(10-6-4-2)23(33)27-21(19)31)22(32)16-13-18(30)26-17-12-14(24)8-9-15(16)17/h8-9,12,16H,3-7,10-11,13,25H2,1-2H3,(H,26,30)(H,27,31,33). The summed E-state index contributed by atoms with van der Waals surface area (Å²) in [5.41, 5.74) is 5.48. The number of nitrogen functional groups attached to an aromatic ring is 1. The fraction of sp³-hybridized carbons (Fsp3) is 0.478. The second kappa shape index (κ2) is 10.5. The first kappa shape index (κ1) is 24.2. The van der Waals surface area contributed by atoms with Crippen LogP contribution >= 0.6 is 0 Å². The Hall–Kier alpha value is -3.43. The van der Waals surface area contributed by atoms with Gasteiger partial charge in [0.2, 0.25) is 11.8 Å². The molecule has 1 aliphatic rings. The zero-order valence-electron chi connectivity index (χ0n) is 18.9. The molecule has 4 N–H and O–H groups in total. The molecule has 178 valence electrons. The predicted octanol–water partition coefficient (Wildman–Crippen LogP) is 2.71. The molecular formula is C23H30FN5O4. The number of benzene rings is 1. The van der Waals surface area contributed by atoms with Gasteiger partial charge in [-0.25, -0.2) is 9.18 Å². The van der Waals surface area contributed by atoms with Gasteiger partial charge in [-0.2, -0.15) is 0 Å². The second-order valence-corrected chi connectivity index (χ2v) is 8.23. The molecule has 1 aromatic heterocycles. The highest BCUT2D eigenvalue weighted by atomic mass is 19.1. The summed E-state index contributed by atoms with van der Waals surface area (Å²) >= 11 is 0. The Morgan fingerprint density at radius 1 is 1.18 bits per heavy atom. The molecule has 1 atom stereocenters. The number of rotatable bonds is 9. The number of hydrogen-bond donors (Lipinski definition) is 3. The fourth-order valence-corrected chi connectivity index (χ4v) is 4.07. The predicted molar refractivity (Wildman–Crippen MR) is 125 cm³/mol. The summed E-state index contributed by atoms with van der Waals surface area (Å²) in [6, 6.07) is 3.86. The van der Waals surface area contributed by atoms with E-state index in [0.717, 1.165) is 19.3 Å². The SMILES string of the molecule is CCCCCN(C(=O)C1CC(=O)Nc2cc(F)ccc21)c1c(N)n(CCCC)c(=O)[nH]c1=O. The lowest BCUT2D eigenvalue weighted by molar-refractivity contribution is -0.124. The van der Waals surface area contributed by atoms with E-state index in [0.29, 0.717) is 24.9 Å². The van der Waals surface area contributed by atoms with E-state index in [1.165, 1.54) is 27.7 Å². The molecule has 0 bridgehead atoms. The molecule has 0 radical (unpaired) electrons. The van der Waals surface area contributed by atoms with Gasteiger partial charge in [0.05, 0.1) is 5.92 Å². The fourth-order valence-electron chi connectivity index (χ4n) is 4.07. The van der Waals surface area contributed by atoms with E-state index < -0.39 is 34.8 Å². The third kappa shape index (κ3) is 5.15. The number of carbonyl (C=O) groups is 2. The van der Waals surface area contributed by atoms with Crippen LogP contribution in [-0.2, 0) is 16.1 Å². The maximum absolute atomic E-state index is 13.8. The van der Waals surface area contributed by atoms with Gasteiger partial charge in [-0.1, -0.05) is 39.2 Å².